The Morgan fingerprint density at radius 1 is 1.04 bits per heavy atom. The standard InChI is InChI=1S/C20H18O3/c1-14(21)19-12-20(23-15(19)2)17-8-10-18(11-9-17)22-13-16-6-4-3-5-7-16/h3-12H,13H2,1-2H3. The van der Waals surface area contributed by atoms with E-state index in [1.165, 1.54) is 0 Å². The zero-order valence-electron chi connectivity index (χ0n) is 13.2. The molecule has 0 aliphatic carbocycles. The lowest BCUT2D eigenvalue weighted by Gasteiger charge is -2.06. The number of Topliss-reactive ketones (excluding diaryl/α,β-unsaturated/α-hetero) is 1. The zero-order valence-corrected chi connectivity index (χ0v) is 13.2. The van der Waals surface area contributed by atoms with Gasteiger partial charge in [-0.25, -0.2) is 0 Å². The molecule has 0 aliphatic rings. The van der Waals surface area contributed by atoms with Gasteiger partial charge in [-0.2, -0.15) is 0 Å². The predicted molar refractivity (Wildman–Crippen MR) is 89.7 cm³/mol. The number of benzene rings is 2. The molecule has 0 unspecified atom stereocenters. The lowest BCUT2D eigenvalue weighted by Crippen LogP contribution is -1.94. The third-order valence-electron chi connectivity index (χ3n) is 3.68. The van der Waals surface area contributed by atoms with E-state index in [-0.39, 0.29) is 5.78 Å². The predicted octanol–water partition coefficient (Wildman–Crippen LogP) is 5.04. The number of furan rings is 1. The summed E-state index contributed by atoms with van der Waals surface area (Å²) in [5.74, 6) is 2.16. The van der Waals surface area contributed by atoms with Gasteiger partial charge in [-0.05, 0) is 49.7 Å². The Balaban J connectivity index is 1.72. The molecule has 3 heteroatoms. The van der Waals surface area contributed by atoms with E-state index in [2.05, 4.69) is 0 Å². The molecule has 0 spiro atoms. The molecule has 1 heterocycles. The molecular formula is C20H18O3. The fourth-order valence-corrected chi connectivity index (χ4v) is 2.43. The molecule has 0 radical (unpaired) electrons. The summed E-state index contributed by atoms with van der Waals surface area (Å²) in [6.07, 6.45) is 0. The summed E-state index contributed by atoms with van der Waals surface area (Å²) >= 11 is 0. The van der Waals surface area contributed by atoms with Gasteiger partial charge in [0.1, 0.15) is 23.9 Å². The van der Waals surface area contributed by atoms with Gasteiger partial charge in [0.25, 0.3) is 0 Å². The van der Waals surface area contributed by atoms with Crippen molar-refractivity contribution in [3.05, 3.63) is 77.6 Å². The highest BCUT2D eigenvalue weighted by molar-refractivity contribution is 5.96. The molecule has 2 aromatic carbocycles. The number of ketones is 1. The van der Waals surface area contributed by atoms with Gasteiger partial charge in [0.05, 0.1) is 5.56 Å². The number of hydrogen-bond acceptors (Lipinski definition) is 3. The van der Waals surface area contributed by atoms with Crippen LogP contribution in [0.1, 0.15) is 28.6 Å². The van der Waals surface area contributed by atoms with Gasteiger partial charge in [0, 0.05) is 5.56 Å². The first kappa shape index (κ1) is 15.1. The molecular weight excluding hydrogens is 288 g/mol. The van der Waals surface area contributed by atoms with E-state index in [9.17, 15) is 4.79 Å². The van der Waals surface area contributed by atoms with Crippen LogP contribution in [0.3, 0.4) is 0 Å². The number of ether oxygens (including phenoxy) is 1. The van der Waals surface area contributed by atoms with Crippen LogP contribution in [0.4, 0.5) is 0 Å². The minimum absolute atomic E-state index is 0.0142. The van der Waals surface area contributed by atoms with Gasteiger partial charge in [-0.1, -0.05) is 30.3 Å². The van der Waals surface area contributed by atoms with E-state index in [0.717, 1.165) is 16.9 Å². The van der Waals surface area contributed by atoms with Crippen LogP contribution in [0.5, 0.6) is 5.75 Å². The fourth-order valence-electron chi connectivity index (χ4n) is 2.43. The van der Waals surface area contributed by atoms with E-state index in [1.54, 1.807) is 19.9 Å². The van der Waals surface area contributed by atoms with Crippen molar-refractivity contribution in [3.8, 4) is 17.1 Å². The maximum absolute atomic E-state index is 11.5. The van der Waals surface area contributed by atoms with Crippen molar-refractivity contribution in [2.75, 3.05) is 0 Å². The monoisotopic (exact) mass is 306 g/mol. The topological polar surface area (TPSA) is 39.4 Å². The van der Waals surface area contributed by atoms with Gasteiger partial charge in [-0.3, -0.25) is 4.79 Å². The number of carbonyl (C=O) groups excluding carboxylic acids is 1. The molecule has 0 amide bonds. The maximum Gasteiger partial charge on any atom is 0.163 e. The van der Waals surface area contributed by atoms with E-state index < -0.39 is 0 Å². The maximum atomic E-state index is 11.5. The fraction of sp³-hybridized carbons (Fsp3) is 0.150. The highest BCUT2D eigenvalue weighted by atomic mass is 16.5. The van der Waals surface area contributed by atoms with Crippen LogP contribution in [0.15, 0.2) is 65.1 Å². The lowest BCUT2D eigenvalue weighted by atomic mass is 10.1. The molecule has 0 atom stereocenters. The second kappa shape index (κ2) is 6.53. The summed E-state index contributed by atoms with van der Waals surface area (Å²) in [5.41, 5.74) is 2.68. The van der Waals surface area contributed by atoms with Gasteiger partial charge in [-0.15, -0.1) is 0 Å². The second-order valence-electron chi connectivity index (χ2n) is 5.44. The van der Waals surface area contributed by atoms with E-state index >= 15 is 0 Å². The summed E-state index contributed by atoms with van der Waals surface area (Å²) in [7, 11) is 0. The Morgan fingerprint density at radius 3 is 2.35 bits per heavy atom. The first-order valence-electron chi connectivity index (χ1n) is 7.52. The minimum Gasteiger partial charge on any atom is -0.489 e. The summed E-state index contributed by atoms with van der Waals surface area (Å²) in [6.45, 7) is 3.88. The van der Waals surface area contributed by atoms with Crippen molar-refractivity contribution in [3.63, 3.8) is 0 Å². The average molecular weight is 306 g/mol. The number of rotatable bonds is 5. The van der Waals surface area contributed by atoms with Crippen LogP contribution in [0.25, 0.3) is 11.3 Å². The first-order valence-corrected chi connectivity index (χ1v) is 7.52. The average Bonchev–Trinajstić information content (AvgIpc) is 2.96. The van der Waals surface area contributed by atoms with Crippen LogP contribution in [0.2, 0.25) is 0 Å². The summed E-state index contributed by atoms with van der Waals surface area (Å²) in [6, 6.07) is 19.5. The third kappa shape index (κ3) is 3.51. The quantitative estimate of drug-likeness (QED) is 0.620. The Bertz CT molecular complexity index is 799. The van der Waals surface area contributed by atoms with Gasteiger partial charge in [0.2, 0.25) is 0 Å². The van der Waals surface area contributed by atoms with E-state index in [4.69, 9.17) is 9.15 Å². The minimum atomic E-state index is 0.0142. The molecule has 0 saturated heterocycles. The summed E-state index contributed by atoms with van der Waals surface area (Å²) < 4.78 is 11.4. The molecule has 0 N–H and O–H groups in total. The molecule has 3 aromatic rings. The van der Waals surface area contributed by atoms with Crippen molar-refractivity contribution in [2.45, 2.75) is 20.5 Å². The van der Waals surface area contributed by atoms with E-state index in [0.29, 0.717) is 23.7 Å². The molecule has 3 nitrogen and oxygen atoms in total. The molecule has 0 fully saturated rings. The number of aryl methyl sites for hydroxylation is 1. The van der Waals surface area contributed by atoms with Crippen LogP contribution < -0.4 is 4.74 Å². The number of hydrogen-bond donors (Lipinski definition) is 0. The Morgan fingerprint density at radius 2 is 1.74 bits per heavy atom. The van der Waals surface area contributed by atoms with E-state index in [1.807, 2.05) is 54.6 Å². The molecule has 1 aromatic heterocycles. The zero-order chi connectivity index (χ0) is 16.2. The molecule has 23 heavy (non-hydrogen) atoms. The number of carbonyl (C=O) groups is 1. The van der Waals surface area contributed by atoms with Crippen molar-refractivity contribution in [2.24, 2.45) is 0 Å². The van der Waals surface area contributed by atoms with Gasteiger partial charge >= 0.3 is 0 Å². The first-order chi connectivity index (χ1) is 11.1. The van der Waals surface area contributed by atoms with Gasteiger partial charge < -0.3 is 9.15 Å². The molecule has 3 rings (SSSR count). The molecule has 0 saturated carbocycles. The molecule has 0 bridgehead atoms. The lowest BCUT2D eigenvalue weighted by molar-refractivity contribution is 0.101. The normalized spacial score (nSPS) is 10.5. The van der Waals surface area contributed by atoms with Gasteiger partial charge in [0.15, 0.2) is 5.78 Å². The van der Waals surface area contributed by atoms with Crippen LogP contribution in [-0.2, 0) is 6.61 Å². The highest BCUT2D eigenvalue weighted by Gasteiger charge is 2.12. The second-order valence-corrected chi connectivity index (χ2v) is 5.44. The molecule has 0 aliphatic heterocycles. The summed E-state index contributed by atoms with van der Waals surface area (Å²) in [4.78, 5) is 11.5. The Labute approximate surface area is 135 Å². The highest BCUT2D eigenvalue weighted by Crippen LogP contribution is 2.27. The largest absolute Gasteiger partial charge is 0.489 e. The SMILES string of the molecule is CC(=O)c1cc(-c2ccc(OCc3ccccc3)cc2)oc1C. The van der Waals surface area contributed by atoms with Crippen LogP contribution in [0, 0.1) is 6.92 Å². The Hall–Kier alpha value is -2.81. The smallest absolute Gasteiger partial charge is 0.163 e. The van der Waals surface area contributed by atoms with Crippen LogP contribution >= 0.6 is 0 Å². The summed E-state index contributed by atoms with van der Waals surface area (Å²) in [5, 5.41) is 0. The van der Waals surface area contributed by atoms with Crippen LogP contribution in [-0.4, -0.2) is 5.78 Å². The Kier molecular flexibility index (Phi) is 4.29. The third-order valence-corrected chi connectivity index (χ3v) is 3.68. The van der Waals surface area contributed by atoms with Crippen molar-refractivity contribution >= 4 is 5.78 Å². The molecule has 116 valence electrons. The van der Waals surface area contributed by atoms with Crippen molar-refractivity contribution < 1.29 is 13.9 Å². The van der Waals surface area contributed by atoms with Crippen molar-refractivity contribution in [1.29, 1.82) is 0 Å². The van der Waals surface area contributed by atoms with Crippen molar-refractivity contribution in [1.82, 2.24) is 0 Å².